The number of para-hydroxylation sites is 1. The van der Waals surface area contributed by atoms with E-state index in [0.717, 1.165) is 16.8 Å². The number of hydrogen-bond acceptors (Lipinski definition) is 3. The van der Waals surface area contributed by atoms with E-state index in [2.05, 4.69) is 0 Å². The third-order valence-corrected chi connectivity index (χ3v) is 6.51. The van der Waals surface area contributed by atoms with Gasteiger partial charge in [0.25, 0.3) is 5.91 Å². The Hall–Kier alpha value is -3.51. The summed E-state index contributed by atoms with van der Waals surface area (Å²) in [5, 5.41) is 10.1. The van der Waals surface area contributed by atoms with E-state index in [1.165, 1.54) is 24.3 Å². The van der Waals surface area contributed by atoms with Crippen LogP contribution in [0.5, 0.6) is 0 Å². The lowest BCUT2D eigenvalue weighted by molar-refractivity contribution is -0.119. The summed E-state index contributed by atoms with van der Waals surface area (Å²) < 4.78 is 13.3. The van der Waals surface area contributed by atoms with Gasteiger partial charge in [-0.25, -0.2) is 4.39 Å². The molecule has 162 valence electrons. The van der Waals surface area contributed by atoms with Crippen molar-refractivity contribution >= 4 is 17.5 Å². The van der Waals surface area contributed by atoms with E-state index in [0.29, 0.717) is 12.1 Å². The summed E-state index contributed by atoms with van der Waals surface area (Å²) >= 11 is 0. The number of fused-ring (bicyclic) bond motifs is 3. The molecule has 3 aromatic rings. The average molecular weight is 430 g/mol. The van der Waals surface area contributed by atoms with Crippen LogP contribution in [0.3, 0.4) is 0 Å². The van der Waals surface area contributed by atoms with Gasteiger partial charge in [0, 0.05) is 23.7 Å². The highest BCUT2D eigenvalue weighted by Crippen LogP contribution is 2.48. The largest absolute Gasteiger partial charge is 0.394 e. The monoisotopic (exact) mass is 430 g/mol. The van der Waals surface area contributed by atoms with Crippen molar-refractivity contribution in [2.24, 2.45) is 0 Å². The fraction of sp³-hybridized carbons (Fsp3) is 0.231. The zero-order valence-electron chi connectivity index (χ0n) is 17.4. The van der Waals surface area contributed by atoms with Crippen molar-refractivity contribution in [3.05, 3.63) is 101 Å². The van der Waals surface area contributed by atoms with E-state index < -0.39 is 5.82 Å². The molecule has 0 spiro atoms. The van der Waals surface area contributed by atoms with Crippen molar-refractivity contribution in [1.82, 2.24) is 4.90 Å². The highest BCUT2D eigenvalue weighted by atomic mass is 19.1. The van der Waals surface area contributed by atoms with E-state index in [4.69, 9.17) is 0 Å². The van der Waals surface area contributed by atoms with Crippen molar-refractivity contribution in [1.29, 1.82) is 0 Å². The molecule has 6 heteroatoms. The van der Waals surface area contributed by atoms with E-state index in [1.54, 1.807) is 9.80 Å². The van der Waals surface area contributed by atoms with Crippen LogP contribution in [0.25, 0.3) is 0 Å². The fourth-order valence-corrected chi connectivity index (χ4v) is 5.01. The first-order valence-corrected chi connectivity index (χ1v) is 10.7. The van der Waals surface area contributed by atoms with Gasteiger partial charge in [-0.1, -0.05) is 48.5 Å². The molecule has 2 amide bonds. The van der Waals surface area contributed by atoms with Gasteiger partial charge in [-0.2, -0.15) is 0 Å². The van der Waals surface area contributed by atoms with E-state index in [-0.39, 0.29) is 42.8 Å². The topological polar surface area (TPSA) is 60.9 Å². The summed E-state index contributed by atoms with van der Waals surface area (Å²) in [4.78, 5) is 29.9. The van der Waals surface area contributed by atoms with E-state index in [9.17, 15) is 19.1 Å². The minimum Gasteiger partial charge on any atom is -0.394 e. The molecule has 2 heterocycles. The highest BCUT2D eigenvalue weighted by Gasteiger charge is 2.55. The van der Waals surface area contributed by atoms with Gasteiger partial charge < -0.3 is 14.9 Å². The number of anilines is 1. The second kappa shape index (κ2) is 8.20. The Kier molecular flexibility index (Phi) is 5.23. The van der Waals surface area contributed by atoms with Gasteiger partial charge in [-0.15, -0.1) is 0 Å². The number of likely N-dealkylation sites (tertiary alicyclic amines) is 1. The lowest BCUT2D eigenvalue weighted by atomic mass is 9.71. The molecule has 0 bridgehead atoms. The molecule has 0 saturated carbocycles. The summed E-state index contributed by atoms with van der Waals surface area (Å²) in [5.74, 6) is -0.767. The Morgan fingerprint density at radius 1 is 0.938 bits per heavy atom. The number of amides is 2. The second-order valence-electron chi connectivity index (χ2n) is 8.29. The molecule has 3 atom stereocenters. The molecule has 0 aliphatic carbocycles. The molecule has 1 N–H and O–H groups in total. The van der Waals surface area contributed by atoms with Crippen LogP contribution in [0, 0.1) is 5.82 Å². The van der Waals surface area contributed by atoms with Gasteiger partial charge in [-0.05, 0) is 41.5 Å². The molecule has 2 aliphatic heterocycles. The molecule has 3 aromatic carbocycles. The van der Waals surface area contributed by atoms with Gasteiger partial charge >= 0.3 is 0 Å². The lowest BCUT2D eigenvalue weighted by Crippen LogP contribution is -2.70. The number of nitrogens with zero attached hydrogens (tertiary/aromatic N) is 2. The van der Waals surface area contributed by atoms with Crippen LogP contribution in [-0.2, 0) is 11.2 Å². The van der Waals surface area contributed by atoms with Crippen molar-refractivity contribution in [3.8, 4) is 0 Å². The van der Waals surface area contributed by atoms with Crippen LogP contribution in [0.15, 0.2) is 78.9 Å². The number of halogens is 1. The van der Waals surface area contributed by atoms with Gasteiger partial charge in [0.2, 0.25) is 5.91 Å². The van der Waals surface area contributed by atoms with Crippen molar-refractivity contribution in [3.63, 3.8) is 0 Å². The summed E-state index contributed by atoms with van der Waals surface area (Å²) in [7, 11) is 0. The molecular weight excluding hydrogens is 407 g/mol. The zero-order chi connectivity index (χ0) is 22.2. The van der Waals surface area contributed by atoms with Crippen LogP contribution in [0.1, 0.15) is 27.4 Å². The van der Waals surface area contributed by atoms with Gasteiger partial charge in [0.1, 0.15) is 5.82 Å². The van der Waals surface area contributed by atoms with Gasteiger partial charge in [0.05, 0.1) is 25.1 Å². The first-order chi connectivity index (χ1) is 15.6. The van der Waals surface area contributed by atoms with Crippen LogP contribution < -0.4 is 4.90 Å². The zero-order valence-corrected chi connectivity index (χ0v) is 17.4. The van der Waals surface area contributed by atoms with Crippen LogP contribution in [0.2, 0.25) is 0 Å². The Morgan fingerprint density at radius 2 is 1.62 bits per heavy atom. The Labute approximate surface area is 185 Å². The highest BCUT2D eigenvalue weighted by molar-refractivity contribution is 5.99. The number of benzene rings is 3. The summed E-state index contributed by atoms with van der Waals surface area (Å²) in [6, 6.07) is 22.1. The molecule has 1 saturated heterocycles. The minimum absolute atomic E-state index is 0.0382. The number of aliphatic hydroxyl groups excluding tert-OH is 1. The maximum atomic E-state index is 13.3. The van der Waals surface area contributed by atoms with Crippen molar-refractivity contribution in [2.75, 3.05) is 18.1 Å². The molecule has 2 aliphatic rings. The van der Waals surface area contributed by atoms with E-state index >= 15 is 0 Å². The summed E-state index contributed by atoms with van der Waals surface area (Å²) in [6.45, 7) is 0.178. The fourth-order valence-electron chi connectivity index (χ4n) is 5.01. The van der Waals surface area contributed by atoms with E-state index in [1.807, 2.05) is 54.6 Å². The molecule has 5 nitrogen and oxygen atoms in total. The molecular formula is C26H23FN2O3. The van der Waals surface area contributed by atoms with Gasteiger partial charge in [0.15, 0.2) is 0 Å². The molecule has 0 unspecified atom stereocenters. The summed E-state index contributed by atoms with van der Waals surface area (Å²) in [6.07, 6.45) is 0.266. The quantitative estimate of drug-likeness (QED) is 0.690. The third kappa shape index (κ3) is 3.37. The predicted octanol–water partition coefficient (Wildman–Crippen LogP) is 3.38. The number of carbonyl (C=O) groups excluding carboxylic acids is 2. The molecule has 0 radical (unpaired) electrons. The molecule has 0 aromatic heterocycles. The minimum atomic E-state index is -0.411. The Bertz CT molecular complexity index is 1150. The number of rotatable bonds is 4. The standard InChI is InChI=1S/C26H23FN2O3/c27-19-12-10-18(11-13-19)26(32)29-22-15-28(24(31)14-17-6-2-1-3-7-17)21-9-5-4-8-20(21)25(22)23(29)16-30/h1-13,22-23,25,30H,14-16H2/t22-,23+,25+/m0/s1. The smallest absolute Gasteiger partial charge is 0.254 e. The van der Waals surface area contributed by atoms with Crippen molar-refractivity contribution in [2.45, 2.75) is 24.4 Å². The first-order valence-electron chi connectivity index (χ1n) is 10.7. The van der Waals surface area contributed by atoms with Gasteiger partial charge in [-0.3, -0.25) is 9.59 Å². The van der Waals surface area contributed by atoms with Crippen LogP contribution in [-0.4, -0.2) is 47.1 Å². The first kappa shape index (κ1) is 20.4. The maximum Gasteiger partial charge on any atom is 0.254 e. The predicted molar refractivity (Wildman–Crippen MR) is 119 cm³/mol. The molecule has 5 rings (SSSR count). The number of carbonyl (C=O) groups is 2. The number of aliphatic hydroxyl groups is 1. The Morgan fingerprint density at radius 3 is 2.34 bits per heavy atom. The average Bonchev–Trinajstić information content (AvgIpc) is 2.80. The number of hydrogen-bond donors (Lipinski definition) is 1. The maximum absolute atomic E-state index is 13.3. The summed E-state index contributed by atoms with van der Waals surface area (Å²) in [5.41, 5.74) is 3.09. The Balaban J connectivity index is 1.47. The van der Waals surface area contributed by atoms with Crippen molar-refractivity contribution < 1.29 is 19.1 Å². The normalized spacial score (nSPS) is 21.4. The van der Waals surface area contributed by atoms with Crippen LogP contribution in [0.4, 0.5) is 10.1 Å². The van der Waals surface area contributed by atoms with Crippen LogP contribution >= 0.6 is 0 Å². The second-order valence-corrected chi connectivity index (χ2v) is 8.29. The molecule has 1 fully saturated rings. The SMILES string of the molecule is O=C(Cc1ccccc1)N1C[C@H]2[C@@H](c3ccccc31)[C@@H](CO)N2C(=O)c1ccc(F)cc1. The molecule has 32 heavy (non-hydrogen) atoms. The lowest BCUT2D eigenvalue weighted by Gasteiger charge is -2.59. The third-order valence-electron chi connectivity index (χ3n) is 6.51.